The predicted molar refractivity (Wildman–Crippen MR) is 146 cm³/mol. The van der Waals surface area contributed by atoms with Gasteiger partial charge in [0, 0.05) is 11.3 Å². The van der Waals surface area contributed by atoms with Crippen LogP contribution in [-0.4, -0.2) is 48.5 Å². The third kappa shape index (κ3) is 6.15. The average molecular weight is 532 g/mol. The number of aldehydes is 1. The monoisotopic (exact) mass is 531 g/mol. The highest BCUT2D eigenvalue weighted by atomic mass is 16.5. The Morgan fingerprint density at radius 3 is 2.59 bits per heavy atom. The van der Waals surface area contributed by atoms with Crippen LogP contribution in [0.2, 0.25) is 0 Å². The first-order chi connectivity index (χ1) is 19.1. The maximum Gasteiger partial charge on any atom is 0.291 e. The van der Waals surface area contributed by atoms with Crippen LogP contribution in [0.4, 0.5) is 5.69 Å². The number of ether oxygens (including phenoxy) is 3. The molecule has 5 rings (SSSR count). The van der Waals surface area contributed by atoms with Gasteiger partial charge in [-0.3, -0.25) is 14.6 Å². The van der Waals surface area contributed by atoms with Crippen molar-refractivity contribution in [1.29, 1.82) is 0 Å². The van der Waals surface area contributed by atoms with Crippen molar-refractivity contribution in [3.05, 3.63) is 77.7 Å². The van der Waals surface area contributed by atoms with Crippen LogP contribution in [0.1, 0.15) is 60.7 Å². The second kappa shape index (κ2) is 12.2. The van der Waals surface area contributed by atoms with Gasteiger partial charge in [-0.2, -0.15) is 5.10 Å². The Morgan fingerprint density at radius 2 is 1.92 bits per heavy atom. The molecular weight excluding hydrogens is 498 g/mol. The van der Waals surface area contributed by atoms with E-state index in [0.717, 1.165) is 36.0 Å². The summed E-state index contributed by atoms with van der Waals surface area (Å²) >= 11 is 0. The van der Waals surface area contributed by atoms with E-state index in [2.05, 4.69) is 5.32 Å². The maximum atomic E-state index is 12.2. The fraction of sp³-hybridized carbons (Fsp3) is 0.367. The van der Waals surface area contributed by atoms with Gasteiger partial charge in [0.05, 0.1) is 31.7 Å². The van der Waals surface area contributed by atoms with Crippen molar-refractivity contribution in [3.63, 3.8) is 0 Å². The molecule has 1 saturated carbocycles. The van der Waals surface area contributed by atoms with Crippen LogP contribution in [0.25, 0.3) is 0 Å². The topological polar surface area (TPSA) is 103 Å². The molecule has 0 radical (unpaired) electrons. The van der Waals surface area contributed by atoms with Gasteiger partial charge in [0.15, 0.2) is 23.5 Å². The van der Waals surface area contributed by atoms with Crippen LogP contribution < -0.4 is 14.8 Å². The van der Waals surface area contributed by atoms with Crippen molar-refractivity contribution in [2.24, 2.45) is 5.10 Å². The van der Waals surface area contributed by atoms with E-state index in [1.165, 1.54) is 19.1 Å². The molecule has 2 aliphatic rings. The van der Waals surface area contributed by atoms with Gasteiger partial charge < -0.3 is 23.9 Å². The number of carbonyl (C=O) groups is 2. The van der Waals surface area contributed by atoms with Crippen LogP contribution in [0.15, 0.2) is 70.4 Å². The maximum absolute atomic E-state index is 12.2. The molecule has 204 valence electrons. The standard InChI is InChI=1S/C30H33N3O6/c1-3-24-29(21-12-15-25(36-2)27(17-21)38-23-7-4-5-8-23)32-33(28(19-34)39-24)18-20-10-13-22(14-11-20)31-30(35)26-9-6-16-37-26/h6,9-17,19,23-24,28H,3-5,7-8,18H2,1-2H3,(H,31,35). The minimum atomic E-state index is -0.815. The summed E-state index contributed by atoms with van der Waals surface area (Å²) in [5.41, 5.74) is 3.13. The summed E-state index contributed by atoms with van der Waals surface area (Å²) < 4.78 is 23.2. The van der Waals surface area contributed by atoms with Crippen LogP contribution in [0, 0.1) is 0 Å². The quantitative estimate of drug-likeness (QED) is 0.349. The number of carbonyl (C=O) groups excluding carboxylic acids is 2. The van der Waals surface area contributed by atoms with Gasteiger partial charge in [0.25, 0.3) is 5.91 Å². The first-order valence-electron chi connectivity index (χ1n) is 13.3. The van der Waals surface area contributed by atoms with Crippen molar-refractivity contribution in [1.82, 2.24) is 5.01 Å². The number of hydrogen-bond acceptors (Lipinski definition) is 8. The van der Waals surface area contributed by atoms with Crippen molar-refractivity contribution in [2.45, 2.75) is 64.0 Å². The van der Waals surface area contributed by atoms with Crippen LogP contribution in [0.5, 0.6) is 11.5 Å². The van der Waals surface area contributed by atoms with Gasteiger partial charge >= 0.3 is 0 Å². The normalized spacial score (nSPS) is 19.4. The molecule has 1 N–H and O–H groups in total. The SMILES string of the molecule is CCC1OC(C=O)N(Cc2ccc(NC(=O)c3ccco3)cc2)N=C1c1ccc(OC)c(OC2CCCC2)c1. The molecule has 1 amide bonds. The first-order valence-corrected chi connectivity index (χ1v) is 13.3. The minimum absolute atomic E-state index is 0.184. The Morgan fingerprint density at radius 1 is 1.13 bits per heavy atom. The molecule has 2 aromatic carbocycles. The Balaban J connectivity index is 1.36. The highest BCUT2D eigenvalue weighted by Gasteiger charge is 2.32. The van der Waals surface area contributed by atoms with Gasteiger partial charge in [-0.25, -0.2) is 0 Å². The smallest absolute Gasteiger partial charge is 0.291 e. The third-order valence-electron chi connectivity index (χ3n) is 6.98. The molecule has 0 bridgehead atoms. The average Bonchev–Trinajstić information content (AvgIpc) is 3.69. The summed E-state index contributed by atoms with van der Waals surface area (Å²) in [6, 6.07) is 16.4. The molecule has 0 spiro atoms. The fourth-order valence-corrected chi connectivity index (χ4v) is 4.92. The molecule has 39 heavy (non-hydrogen) atoms. The van der Waals surface area contributed by atoms with E-state index in [9.17, 15) is 9.59 Å². The Labute approximate surface area is 227 Å². The Bertz CT molecular complexity index is 1300. The number of hydrazone groups is 1. The van der Waals surface area contributed by atoms with E-state index in [4.69, 9.17) is 23.7 Å². The van der Waals surface area contributed by atoms with Crippen molar-refractivity contribution < 1.29 is 28.2 Å². The zero-order valence-electron chi connectivity index (χ0n) is 22.2. The molecule has 1 aliphatic heterocycles. The Kier molecular flexibility index (Phi) is 8.27. The summed E-state index contributed by atoms with van der Waals surface area (Å²) in [5.74, 6) is 1.28. The molecular formula is C30H33N3O6. The summed E-state index contributed by atoms with van der Waals surface area (Å²) in [6.45, 7) is 2.35. The zero-order chi connectivity index (χ0) is 27.2. The lowest BCUT2D eigenvalue weighted by Gasteiger charge is -2.35. The number of nitrogens with one attached hydrogen (secondary N) is 1. The van der Waals surface area contributed by atoms with Gasteiger partial charge in [-0.05, 0) is 80.1 Å². The van der Waals surface area contributed by atoms with Crippen LogP contribution >= 0.6 is 0 Å². The molecule has 2 unspecified atom stereocenters. The number of furan rings is 1. The molecule has 9 heteroatoms. The van der Waals surface area contributed by atoms with Crippen LogP contribution in [0.3, 0.4) is 0 Å². The van der Waals surface area contributed by atoms with E-state index in [1.54, 1.807) is 36.4 Å². The molecule has 3 aromatic rings. The number of hydrogen-bond donors (Lipinski definition) is 1. The van der Waals surface area contributed by atoms with Gasteiger partial charge in [0.2, 0.25) is 6.23 Å². The summed E-state index contributed by atoms with van der Waals surface area (Å²) in [4.78, 5) is 24.2. The minimum Gasteiger partial charge on any atom is -0.493 e. The number of methoxy groups -OCH3 is 1. The molecule has 1 aliphatic carbocycles. The van der Waals surface area contributed by atoms with E-state index in [-0.39, 0.29) is 23.9 Å². The molecule has 1 aromatic heterocycles. The van der Waals surface area contributed by atoms with E-state index in [1.807, 2.05) is 37.3 Å². The number of nitrogens with zero attached hydrogens (tertiary/aromatic N) is 2. The number of benzene rings is 2. The van der Waals surface area contributed by atoms with E-state index < -0.39 is 6.23 Å². The number of amides is 1. The zero-order valence-corrected chi connectivity index (χ0v) is 22.2. The van der Waals surface area contributed by atoms with Crippen molar-refractivity contribution >= 4 is 23.6 Å². The lowest BCUT2D eigenvalue weighted by Crippen LogP contribution is -2.45. The van der Waals surface area contributed by atoms with Crippen molar-refractivity contribution in [3.8, 4) is 11.5 Å². The fourth-order valence-electron chi connectivity index (χ4n) is 4.92. The molecule has 2 atom stereocenters. The molecule has 1 fully saturated rings. The molecule has 9 nitrogen and oxygen atoms in total. The second-order valence-corrected chi connectivity index (χ2v) is 9.66. The largest absolute Gasteiger partial charge is 0.493 e. The van der Waals surface area contributed by atoms with Crippen molar-refractivity contribution in [2.75, 3.05) is 12.4 Å². The third-order valence-corrected chi connectivity index (χ3v) is 6.98. The highest BCUT2D eigenvalue weighted by Crippen LogP contribution is 2.34. The number of anilines is 1. The summed E-state index contributed by atoms with van der Waals surface area (Å²) in [5, 5.41) is 9.35. The number of rotatable bonds is 10. The molecule has 0 saturated heterocycles. The van der Waals surface area contributed by atoms with Gasteiger partial charge in [-0.1, -0.05) is 19.1 Å². The lowest BCUT2D eigenvalue weighted by atomic mass is 10.0. The van der Waals surface area contributed by atoms with E-state index >= 15 is 0 Å². The van der Waals surface area contributed by atoms with E-state index in [0.29, 0.717) is 30.2 Å². The highest BCUT2D eigenvalue weighted by molar-refractivity contribution is 6.04. The predicted octanol–water partition coefficient (Wildman–Crippen LogP) is 5.40. The van der Waals surface area contributed by atoms with Gasteiger partial charge in [0.1, 0.15) is 6.10 Å². The summed E-state index contributed by atoms with van der Waals surface area (Å²) in [6.07, 6.45) is 6.32. The summed E-state index contributed by atoms with van der Waals surface area (Å²) in [7, 11) is 1.64. The molecule has 2 heterocycles. The van der Waals surface area contributed by atoms with Crippen LogP contribution in [-0.2, 0) is 16.1 Å². The Hall–Kier alpha value is -4.11. The first kappa shape index (κ1) is 26.5. The lowest BCUT2D eigenvalue weighted by molar-refractivity contribution is -0.139. The van der Waals surface area contributed by atoms with Gasteiger partial charge in [-0.15, -0.1) is 0 Å². The second-order valence-electron chi connectivity index (χ2n) is 9.66.